The van der Waals surface area contributed by atoms with Gasteiger partial charge in [-0.25, -0.2) is 8.78 Å². The van der Waals surface area contributed by atoms with Crippen LogP contribution in [0.5, 0.6) is 0 Å². The number of nitrogens with two attached hydrogens (primary N) is 1. The molecule has 0 aliphatic heterocycles. The van der Waals surface area contributed by atoms with E-state index in [9.17, 15) is 8.78 Å². The molecule has 0 radical (unpaired) electrons. The first-order chi connectivity index (χ1) is 8.03. The van der Waals surface area contributed by atoms with E-state index in [-0.39, 0.29) is 23.6 Å². The molecule has 2 N–H and O–H groups in total. The summed E-state index contributed by atoms with van der Waals surface area (Å²) in [6, 6.07) is 3.06. The minimum Gasteiger partial charge on any atom is -0.380 e. The van der Waals surface area contributed by atoms with Gasteiger partial charge in [0, 0.05) is 24.1 Å². The summed E-state index contributed by atoms with van der Waals surface area (Å²) in [5.74, 6) is -1.58. The zero-order valence-corrected chi connectivity index (χ0v) is 10.1. The van der Waals surface area contributed by atoms with Crippen LogP contribution >= 0.6 is 0 Å². The number of methoxy groups -OCH3 is 1. The van der Waals surface area contributed by atoms with Crippen LogP contribution in [0.2, 0.25) is 0 Å². The average molecular weight is 241 g/mol. The van der Waals surface area contributed by atoms with Crippen LogP contribution < -0.4 is 5.73 Å². The lowest BCUT2D eigenvalue weighted by molar-refractivity contribution is 0.180. The van der Waals surface area contributed by atoms with E-state index in [1.165, 1.54) is 7.11 Å². The molecule has 0 aromatic heterocycles. The molecule has 1 aromatic carbocycles. The fourth-order valence-corrected chi connectivity index (χ4v) is 2.35. The summed E-state index contributed by atoms with van der Waals surface area (Å²) < 4.78 is 32.6. The molecule has 1 fully saturated rings. The lowest BCUT2D eigenvalue weighted by Crippen LogP contribution is -2.32. The quantitative estimate of drug-likeness (QED) is 0.879. The zero-order valence-electron chi connectivity index (χ0n) is 10.1. The maximum Gasteiger partial charge on any atom is 0.164 e. The lowest BCUT2D eigenvalue weighted by Gasteiger charge is -2.21. The maximum absolute atomic E-state index is 14.0. The molecule has 1 unspecified atom stereocenters. The first kappa shape index (κ1) is 12.5. The molecule has 0 heterocycles. The van der Waals surface area contributed by atoms with Gasteiger partial charge >= 0.3 is 0 Å². The van der Waals surface area contributed by atoms with Crippen molar-refractivity contribution in [3.63, 3.8) is 0 Å². The van der Waals surface area contributed by atoms with Crippen molar-refractivity contribution >= 4 is 0 Å². The zero-order chi connectivity index (χ0) is 12.6. The standard InChI is InChI=1S/C13H17F2NO/c1-8(16)13(5-6-13)10-4-3-9(7-17-2)11(14)12(10)15/h3-4,8H,5-7,16H2,1-2H3. The summed E-state index contributed by atoms with van der Waals surface area (Å²) in [5.41, 5.74) is 6.15. The van der Waals surface area contributed by atoms with E-state index >= 15 is 0 Å². The van der Waals surface area contributed by atoms with E-state index in [0.29, 0.717) is 5.56 Å². The maximum atomic E-state index is 14.0. The third-order valence-electron chi connectivity index (χ3n) is 3.66. The predicted octanol–water partition coefficient (Wildman–Crippen LogP) is 2.49. The number of benzene rings is 1. The summed E-state index contributed by atoms with van der Waals surface area (Å²) in [4.78, 5) is 0. The molecule has 1 aliphatic rings. The second-order valence-electron chi connectivity index (χ2n) is 4.78. The highest BCUT2D eigenvalue weighted by Gasteiger charge is 2.49. The SMILES string of the molecule is COCc1ccc(C2(C(C)N)CC2)c(F)c1F. The van der Waals surface area contributed by atoms with Gasteiger partial charge in [-0.1, -0.05) is 12.1 Å². The highest BCUT2D eigenvalue weighted by molar-refractivity contribution is 5.37. The van der Waals surface area contributed by atoms with E-state index in [1.807, 2.05) is 6.92 Å². The van der Waals surface area contributed by atoms with Crippen LogP contribution in [0.1, 0.15) is 30.9 Å². The molecule has 1 aliphatic carbocycles. The van der Waals surface area contributed by atoms with Crippen LogP contribution in [0.25, 0.3) is 0 Å². The summed E-state index contributed by atoms with van der Waals surface area (Å²) in [5, 5.41) is 0. The van der Waals surface area contributed by atoms with Gasteiger partial charge in [-0.2, -0.15) is 0 Å². The number of hydrogen-bond donors (Lipinski definition) is 1. The Labute approximate surface area is 99.8 Å². The van der Waals surface area contributed by atoms with Crippen molar-refractivity contribution in [3.8, 4) is 0 Å². The highest BCUT2D eigenvalue weighted by atomic mass is 19.2. The molecule has 4 heteroatoms. The van der Waals surface area contributed by atoms with Crippen molar-refractivity contribution in [2.45, 2.75) is 37.8 Å². The molecule has 17 heavy (non-hydrogen) atoms. The Morgan fingerprint density at radius 1 is 1.35 bits per heavy atom. The van der Waals surface area contributed by atoms with Gasteiger partial charge in [0.15, 0.2) is 11.6 Å². The van der Waals surface area contributed by atoms with Crippen LogP contribution in [0.15, 0.2) is 12.1 Å². The van der Waals surface area contributed by atoms with Crippen LogP contribution in [-0.4, -0.2) is 13.2 Å². The summed E-state index contributed by atoms with van der Waals surface area (Å²) >= 11 is 0. The van der Waals surface area contributed by atoms with Crippen LogP contribution in [-0.2, 0) is 16.8 Å². The number of halogens is 2. The summed E-state index contributed by atoms with van der Waals surface area (Å²) in [6.07, 6.45) is 1.65. The monoisotopic (exact) mass is 241 g/mol. The van der Waals surface area contributed by atoms with E-state index in [0.717, 1.165) is 12.8 Å². The minimum absolute atomic E-state index is 0.0776. The molecule has 0 saturated heterocycles. The predicted molar refractivity (Wildman–Crippen MR) is 61.6 cm³/mol. The van der Waals surface area contributed by atoms with Crippen LogP contribution in [0.4, 0.5) is 8.78 Å². The Kier molecular flexibility index (Phi) is 3.19. The fraction of sp³-hybridized carbons (Fsp3) is 0.538. The first-order valence-electron chi connectivity index (χ1n) is 5.75. The third-order valence-corrected chi connectivity index (χ3v) is 3.66. The van der Waals surface area contributed by atoms with Gasteiger partial charge in [-0.3, -0.25) is 0 Å². The van der Waals surface area contributed by atoms with Gasteiger partial charge in [0.05, 0.1) is 6.61 Å². The van der Waals surface area contributed by atoms with E-state index < -0.39 is 11.6 Å². The van der Waals surface area contributed by atoms with Crippen molar-refractivity contribution in [1.29, 1.82) is 0 Å². The highest BCUT2D eigenvalue weighted by Crippen LogP contribution is 2.51. The molecular formula is C13H17F2NO. The Balaban J connectivity index is 2.41. The Bertz CT molecular complexity index is 428. The van der Waals surface area contributed by atoms with Gasteiger partial charge in [0.25, 0.3) is 0 Å². The summed E-state index contributed by atoms with van der Waals surface area (Å²) in [6.45, 7) is 1.92. The molecule has 94 valence electrons. The largest absolute Gasteiger partial charge is 0.380 e. The minimum atomic E-state index is -0.809. The number of hydrogen-bond acceptors (Lipinski definition) is 2. The van der Waals surface area contributed by atoms with Crippen molar-refractivity contribution in [2.24, 2.45) is 5.73 Å². The van der Waals surface area contributed by atoms with Crippen LogP contribution in [0.3, 0.4) is 0 Å². The van der Waals surface area contributed by atoms with Gasteiger partial charge in [-0.05, 0) is 25.3 Å². The number of rotatable bonds is 4. The van der Waals surface area contributed by atoms with Gasteiger partial charge < -0.3 is 10.5 Å². The van der Waals surface area contributed by atoms with E-state index in [1.54, 1.807) is 12.1 Å². The second-order valence-corrected chi connectivity index (χ2v) is 4.78. The molecule has 1 saturated carbocycles. The third kappa shape index (κ3) is 1.96. The Hall–Kier alpha value is -1.00. The van der Waals surface area contributed by atoms with E-state index in [2.05, 4.69) is 0 Å². The van der Waals surface area contributed by atoms with E-state index in [4.69, 9.17) is 10.5 Å². The van der Waals surface area contributed by atoms with Crippen molar-refractivity contribution in [1.82, 2.24) is 0 Å². The molecule has 0 bridgehead atoms. The van der Waals surface area contributed by atoms with Crippen molar-refractivity contribution in [2.75, 3.05) is 7.11 Å². The molecule has 0 spiro atoms. The lowest BCUT2D eigenvalue weighted by atomic mass is 9.88. The summed E-state index contributed by atoms with van der Waals surface area (Å²) in [7, 11) is 1.45. The van der Waals surface area contributed by atoms with Gasteiger partial charge in [0.1, 0.15) is 0 Å². The number of ether oxygens (including phenoxy) is 1. The molecule has 2 nitrogen and oxygen atoms in total. The molecule has 0 amide bonds. The fourth-order valence-electron chi connectivity index (χ4n) is 2.35. The van der Waals surface area contributed by atoms with Gasteiger partial charge in [-0.15, -0.1) is 0 Å². The Morgan fingerprint density at radius 3 is 2.47 bits per heavy atom. The Morgan fingerprint density at radius 2 is 2.00 bits per heavy atom. The second kappa shape index (κ2) is 4.35. The van der Waals surface area contributed by atoms with Crippen LogP contribution in [0, 0.1) is 11.6 Å². The molecule has 2 rings (SSSR count). The smallest absolute Gasteiger partial charge is 0.164 e. The molecule has 1 aromatic rings. The normalized spacial score (nSPS) is 19.1. The first-order valence-corrected chi connectivity index (χ1v) is 5.75. The molecule has 1 atom stereocenters. The van der Waals surface area contributed by atoms with Crippen molar-refractivity contribution in [3.05, 3.63) is 34.9 Å². The van der Waals surface area contributed by atoms with Crippen molar-refractivity contribution < 1.29 is 13.5 Å². The average Bonchev–Trinajstić information content (AvgIpc) is 3.06. The topological polar surface area (TPSA) is 35.2 Å². The molecular weight excluding hydrogens is 224 g/mol. The van der Waals surface area contributed by atoms with Gasteiger partial charge in [0.2, 0.25) is 0 Å².